The van der Waals surface area contributed by atoms with Crippen LogP contribution in [0.5, 0.6) is 0 Å². The highest BCUT2D eigenvalue weighted by atomic mass is 32.2. The van der Waals surface area contributed by atoms with Gasteiger partial charge in [-0.1, -0.05) is 24.1 Å². The molecule has 1 saturated heterocycles. The molecule has 2 nitrogen and oxygen atoms in total. The van der Waals surface area contributed by atoms with Crippen LogP contribution < -0.4 is 4.72 Å². The van der Waals surface area contributed by atoms with Gasteiger partial charge in [0.2, 0.25) is 0 Å². The minimum atomic E-state index is 0.349. The first-order valence-corrected chi connectivity index (χ1v) is 5.02. The molecule has 1 atom stereocenters. The highest BCUT2D eigenvalue weighted by Crippen LogP contribution is 2.19. The standard InChI is InChI=1S/C9H11N2S/c1-2-4-7-11(6-3-1)9-5-8-12-10-9/h1-4,6-7,9H,5,8H2. The molecule has 0 saturated carbocycles. The summed E-state index contributed by atoms with van der Waals surface area (Å²) in [5.74, 6) is 1.15. The van der Waals surface area contributed by atoms with Gasteiger partial charge in [-0.25, -0.2) is 0 Å². The van der Waals surface area contributed by atoms with Crippen molar-refractivity contribution in [2.75, 3.05) is 5.75 Å². The molecule has 0 aromatic carbocycles. The second kappa shape index (κ2) is 3.83. The van der Waals surface area contributed by atoms with Gasteiger partial charge in [-0.05, 0) is 18.6 Å². The van der Waals surface area contributed by atoms with Crippen molar-refractivity contribution in [3.63, 3.8) is 0 Å². The molecule has 1 unspecified atom stereocenters. The lowest BCUT2D eigenvalue weighted by Crippen LogP contribution is -2.28. The lowest BCUT2D eigenvalue weighted by Gasteiger charge is -2.20. The Morgan fingerprint density at radius 2 is 1.92 bits per heavy atom. The van der Waals surface area contributed by atoms with Crippen LogP contribution in [0, 0.1) is 0 Å². The Hall–Kier alpha value is -0.670. The predicted octanol–water partition coefficient (Wildman–Crippen LogP) is 1.87. The van der Waals surface area contributed by atoms with Crippen LogP contribution in [0.15, 0.2) is 36.7 Å². The minimum absolute atomic E-state index is 0.349. The third-order valence-electron chi connectivity index (χ3n) is 1.86. The maximum atomic E-state index is 4.41. The molecule has 0 N–H and O–H groups in total. The number of allylic oxidation sites excluding steroid dienone is 4. The van der Waals surface area contributed by atoms with Crippen molar-refractivity contribution < 1.29 is 0 Å². The lowest BCUT2D eigenvalue weighted by atomic mass is 10.3. The number of hydrogen-bond donors (Lipinski definition) is 0. The topological polar surface area (TPSA) is 17.3 Å². The largest absolute Gasteiger partial charge is 0.336 e. The van der Waals surface area contributed by atoms with Crippen molar-refractivity contribution in [2.45, 2.75) is 12.6 Å². The van der Waals surface area contributed by atoms with E-state index in [0.717, 1.165) is 12.2 Å². The van der Waals surface area contributed by atoms with Crippen molar-refractivity contribution in [3.8, 4) is 0 Å². The fourth-order valence-electron chi connectivity index (χ4n) is 1.23. The summed E-state index contributed by atoms with van der Waals surface area (Å²) in [5.41, 5.74) is 0. The van der Waals surface area contributed by atoms with Crippen molar-refractivity contribution in [3.05, 3.63) is 36.7 Å². The summed E-state index contributed by atoms with van der Waals surface area (Å²) in [6, 6.07) is 0. The highest BCUT2D eigenvalue weighted by Gasteiger charge is 2.19. The smallest absolute Gasteiger partial charge is 0.112 e. The monoisotopic (exact) mass is 179 g/mol. The molecular formula is C9H11N2S. The summed E-state index contributed by atoms with van der Waals surface area (Å²) in [6.07, 6.45) is 13.8. The third-order valence-corrected chi connectivity index (χ3v) is 2.67. The summed E-state index contributed by atoms with van der Waals surface area (Å²) < 4.78 is 4.41. The molecule has 63 valence electrons. The molecule has 0 bridgehead atoms. The van der Waals surface area contributed by atoms with Crippen LogP contribution in [0.1, 0.15) is 6.42 Å². The van der Waals surface area contributed by atoms with E-state index < -0.39 is 0 Å². The number of rotatable bonds is 1. The molecule has 0 aromatic heterocycles. The van der Waals surface area contributed by atoms with Crippen molar-refractivity contribution in [1.29, 1.82) is 0 Å². The lowest BCUT2D eigenvalue weighted by molar-refractivity contribution is 0.354. The average molecular weight is 179 g/mol. The fraction of sp³-hybridized carbons (Fsp3) is 0.333. The van der Waals surface area contributed by atoms with E-state index in [0.29, 0.717) is 6.17 Å². The van der Waals surface area contributed by atoms with Gasteiger partial charge in [0.15, 0.2) is 0 Å². The van der Waals surface area contributed by atoms with Crippen LogP contribution in [0.25, 0.3) is 0 Å². The molecule has 2 heterocycles. The summed E-state index contributed by atoms with van der Waals surface area (Å²) in [7, 11) is 0. The van der Waals surface area contributed by atoms with Gasteiger partial charge in [0.1, 0.15) is 6.17 Å². The number of nitrogens with zero attached hydrogens (tertiary/aromatic N) is 2. The van der Waals surface area contributed by atoms with Crippen molar-refractivity contribution >= 4 is 11.9 Å². The highest BCUT2D eigenvalue weighted by molar-refractivity contribution is 7.97. The maximum absolute atomic E-state index is 4.41. The predicted molar refractivity (Wildman–Crippen MR) is 52.3 cm³/mol. The van der Waals surface area contributed by atoms with Crippen LogP contribution in [0.4, 0.5) is 0 Å². The SMILES string of the molecule is C1=CC=CN(C2CCS[N]2)C=C1. The van der Waals surface area contributed by atoms with Crippen LogP contribution in [-0.4, -0.2) is 16.8 Å². The van der Waals surface area contributed by atoms with Crippen LogP contribution in [0.3, 0.4) is 0 Å². The summed E-state index contributed by atoms with van der Waals surface area (Å²) in [4.78, 5) is 2.15. The van der Waals surface area contributed by atoms with Gasteiger partial charge in [-0.3, -0.25) is 0 Å². The first-order chi connectivity index (χ1) is 5.97. The molecule has 0 amide bonds. The Bertz CT molecular complexity index is 211. The zero-order valence-electron chi connectivity index (χ0n) is 6.76. The summed E-state index contributed by atoms with van der Waals surface area (Å²) in [5, 5.41) is 0. The molecule has 1 fully saturated rings. The Labute approximate surface area is 77.1 Å². The fourth-order valence-corrected chi connectivity index (χ4v) is 2.04. The van der Waals surface area contributed by atoms with Gasteiger partial charge in [0.25, 0.3) is 0 Å². The second-order valence-electron chi connectivity index (χ2n) is 2.72. The van der Waals surface area contributed by atoms with E-state index in [-0.39, 0.29) is 0 Å². The Balaban J connectivity index is 2.02. The van der Waals surface area contributed by atoms with Crippen molar-refractivity contribution in [1.82, 2.24) is 9.62 Å². The molecule has 0 spiro atoms. The normalized spacial score (nSPS) is 28.0. The Morgan fingerprint density at radius 3 is 2.50 bits per heavy atom. The quantitative estimate of drug-likeness (QED) is 0.572. The molecule has 0 aromatic rings. The van der Waals surface area contributed by atoms with Crippen LogP contribution in [-0.2, 0) is 0 Å². The van der Waals surface area contributed by atoms with Crippen molar-refractivity contribution in [2.24, 2.45) is 0 Å². The Kier molecular flexibility index (Phi) is 2.54. The van der Waals surface area contributed by atoms with Gasteiger partial charge < -0.3 is 4.90 Å². The van der Waals surface area contributed by atoms with E-state index in [1.165, 1.54) is 0 Å². The molecule has 12 heavy (non-hydrogen) atoms. The molecule has 2 rings (SSSR count). The minimum Gasteiger partial charge on any atom is -0.336 e. The second-order valence-corrected chi connectivity index (χ2v) is 3.60. The van der Waals surface area contributed by atoms with E-state index in [2.05, 4.69) is 22.0 Å². The van der Waals surface area contributed by atoms with E-state index in [9.17, 15) is 0 Å². The molecule has 2 aliphatic rings. The zero-order valence-corrected chi connectivity index (χ0v) is 7.57. The molecule has 2 aliphatic heterocycles. The van der Waals surface area contributed by atoms with E-state index in [1.54, 1.807) is 11.9 Å². The average Bonchev–Trinajstić information content (AvgIpc) is 2.48. The first kappa shape index (κ1) is 7.95. The summed E-state index contributed by atoms with van der Waals surface area (Å²) >= 11 is 1.68. The van der Waals surface area contributed by atoms with Gasteiger partial charge >= 0.3 is 0 Å². The zero-order chi connectivity index (χ0) is 8.23. The molecular weight excluding hydrogens is 168 g/mol. The Morgan fingerprint density at radius 1 is 1.17 bits per heavy atom. The van der Waals surface area contributed by atoms with E-state index >= 15 is 0 Å². The van der Waals surface area contributed by atoms with Gasteiger partial charge in [0.05, 0.1) is 0 Å². The van der Waals surface area contributed by atoms with Crippen LogP contribution in [0.2, 0.25) is 0 Å². The number of hydrogen-bond acceptors (Lipinski definition) is 2. The molecule has 3 heteroatoms. The van der Waals surface area contributed by atoms with E-state index in [1.807, 2.05) is 24.3 Å². The maximum Gasteiger partial charge on any atom is 0.112 e. The molecule has 0 aliphatic carbocycles. The first-order valence-electron chi connectivity index (χ1n) is 4.08. The van der Waals surface area contributed by atoms with Gasteiger partial charge in [0, 0.05) is 18.2 Å². The van der Waals surface area contributed by atoms with Crippen LogP contribution >= 0.6 is 11.9 Å². The van der Waals surface area contributed by atoms with Gasteiger partial charge in [-0.2, -0.15) is 4.72 Å². The summed E-state index contributed by atoms with van der Waals surface area (Å²) in [6.45, 7) is 0. The molecule has 1 radical (unpaired) electrons. The van der Waals surface area contributed by atoms with E-state index in [4.69, 9.17) is 0 Å². The third kappa shape index (κ3) is 1.73. The van der Waals surface area contributed by atoms with Gasteiger partial charge in [-0.15, -0.1) is 0 Å².